The lowest BCUT2D eigenvalue weighted by atomic mass is 9.97. The van der Waals surface area contributed by atoms with Crippen molar-refractivity contribution in [2.45, 2.75) is 25.1 Å². The van der Waals surface area contributed by atoms with E-state index >= 15 is 0 Å². The van der Waals surface area contributed by atoms with E-state index in [9.17, 15) is 4.79 Å². The predicted molar refractivity (Wildman–Crippen MR) is 90.2 cm³/mol. The first kappa shape index (κ1) is 14.3. The summed E-state index contributed by atoms with van der Waals surface area (Å²) in [7, 11) is 1.84. The Morgan fingerprint density at radius 2 is 1.90 bits per heavy atom. The van der Waals surface area contributed by atoms with Crippen LogP contribution in [-0.2, 0) is 11.2 Å². The minimum absolute atomic E-state index is 0.157. The van der Waals surface area contributed by atoms with Crippen LogP contribution in [-0.4, -0.2) is 13.0 Å². The van der Waals surface area contributed by atoms with Gasteiger partial charge in [0.2, 0.25) is 5.91 Å². The van der Waals surface area contributed by atoms with Crippen LogP contribution in [0.4, 0.5) is 5.69 Å². The van der Waals surface area contributed by atoms with Gasteiger partial charge in [0.15, 0.2) is 0 Å². The van der Waals surface area contributed by atoms with Crippen LogP contribution in [0.3, 0.4) is 0 Å². The largest absolute Gasteiger partial charge is 0.315 e. The summed E-state index contributed by atoms with van der Waals surface area (Å²) in [6, 6.07) is 12.8. The van der Waals surface area contributed by atoms with Crippen LogP contribution in [0.15, 0.2) is 36.4 Å². The van der Waals surface area contributed by atoms with Gasteiger partial charge < -0.3 is 4.90 Å². The number of likely N-dealkylation sites (N-methyl/N-ethyl adjacent to an activating group) is 1. The first-order valence-electron chi connectivity index (χ1n) is 7.08. The van der Waals surface area contributed by atoms with Crippen LogP contribution < -0.4 is 4.90 Å². The fourth-order valence-electron chi connectivity index (χ4n) is 2.94. The van der Waals surface area contributed by atoms with Gasteiger partial charge in [-0.15, -0.1) is 0 Å². The second kappa shape index (κ2) is 5.30. The molecule has 0 N–H and O–H groups in total. The number of fused-ring (bicyclic) bond motifs is 1. The molecule has 108 valence electrons. The summed E-state index contributed by atoms with van der Waals surface area (Å²) in [5.74, 6) is 0.166. The van der Waals surface area contributed by atoms with E-state index in [2.05, 4.69) is 60.1 Å². The van der Waals surface area contributed by atoms with Crippen molar-refractivity contribution in [3.8, 4) is 0 Å². The van der Waals surface area contributed by atoms with Crippen molar-refractivity contribution in [1.82, 2.24) is 0 Å². The van der Waals surface area contributed by atoms with Crippen molar-refractivity contribution in [2.75, 3.05) is 11.9 Å². The lowest BCUT2D eigenvalue weighted by Gasteiger charge is -2.16. The number of halogens is 1. The Bertz CT molecular complexity index is 723. The molecule has 21 heavy (non-hydrogen) atoms. The van der Waals surface area contributed by atoms with Gasteiger partial charge in [-0.25, -0.2) is 0 Å². The van der Waals surface area contributed by atoms with Gasteiger partial charge in [0, 0.05) is 12.7 Å². The van der Waals surface area contributed by atoms with Gasteiger partial charge in [0.05, 0.1) is 11.2 Å². The Morgan fingerprint density at radius 3 is 2.62 bits per heavy atom. The third-order valence-electron chi connectivity index (χ3n) is 4.17. The van der Waals surface area contributed by atoms with Crippen molar-refractivity contribution in [2.24, 2.45) is 0 Å². The number of aryl methyl sites for hydroxylation is 2. The van der Waals surface area contributed by atoms with Crippen LogP contribution in [0, 0.1) is 13.8 Å². The molecule has 0 saturated carbocycles. The SMILES string of the molecule is Cc1ccc(C(Br)c2ccc3c(c2)CC(=O)N3C)c(C)c1. The van der Waals surface area contributed by atoms with E-state index in [1.54, 1.807) is 4.90 Å². The molecule has 0 saturated heterocycles. The van der Waals surface area contributed by atoms with E-state index in [0.717, 1.165) is 11.3 Å². The smallest absolute Gasteiger partial charge is 0.231 e. The quantitative estimate of drug-likeness (QED) is 0.744. The van der Waals surface area contributed by atoms with E-state index in [1.165, 1.54) is 22.3 Å². The summed E-state index contributed by atoms with van der Waals surface area (Å²) >= 11 is 3.81. The van der Waals surface area contributed by atoms with Crippen LogP contribution in [0.1, 0.15) is 32.6 Å². The molecule has 0 spiro atoms. The molecule has 1 aliphatic rings. The maximum absolute atomic E-state index is 11.8. The molecule has 3 rings (SSSR count). The molecule has 1 amide bonds. The molecule has 2 aromatic carbocycles. The molecule has 2 aromatic rings. The molecule has 1 atom stereocenters. The van der Waals surface area contributed by atoms with E-state index in [1.807, 2.05) is 13.1 Å². The summed E-state index contributed by atoms with van der Waals surface area (Å²) in [5.41, 5.74) is 7.18. The highest BCUT2D eigenvalue weighted by molar-refractivity contribution is 9.09. The molecule has 1 heterocycles. The highest BCUT2D eigenvalue weighted by atomic mass is 79.9. The van der Waals surface area contributed by atoms with Gasteiger partial charge in [-0.05, 0) is 42.2 Å². The predicted octanol–water partition coefficient (Wildman–Crippen LogP) is 4.31. The lowest BCUT2D eigenvalue weighted by Crippen LogP contribution is -2.20. The lowest BCUT2D eigenvalue weighted by molar-refractivity contribution is -0.117. The van der Waals surface area contributed by atoms with Crippen molar-refractivity contribution >= 4 is 27.5 Å². The molecule has 0 fully saturated rings. The van der Waals surface area contributed by atoms with Crippen molar-refractivity contribution < 1.29 is 4.79 Å². The minimum atomic E-state index is 0.157. The Morgan fingerprint density at radius 1 is 1.14 bits per heavy atom. The standard InChI is InChI=1S/C18H18BrNO/c1-11-4-6-15(12(2)8-11)18(19)13-5-7-16-14(9-13)10-17(21)20(16)3/h4-9,18H,10H2,1-3H3. The second-order valence-corrected chi connectivity index (χ2v) is 6.66. The number of benzene rings is 2. The molecule has 3 heteroatoms. The van der Waals surface area contributed by atoms with E-state index in [-0.39, 0.29) is 10.7 Å². The van der Waals surface area contributed by atoms with Crippen LogP contribution in [0.2, 0.25) is 0 Å². The van der Waals surface area contributed by atoms with Gasteiger partial charge in [0.1, 0.15) is 0 Å². The number of hydrogen-bond donors (Lipinski definition) is 0. The summed E-state index contributed by atoms with van der Waals surface area (Å²) in [4.78, 5) is 13.7. The van der Waals surface area contributed by atoms with Crippen LogP contribution >= 0.6 is 15.9 Å². The highest BCUT2D eigenvalue weighted by Gasteiger charge is 2.25. The zero-order valence-electron chi connectivity index (χ0n) is 12.5. The fraction of sp³-hybridized carbons (Fsp3) is 0.278. The molecule has 2 nitrogen and oxygen atoms in total. The third kappa shape index (κ3) is 2.51. The van der Waals surface area contributed by atoms with Crippen LogP contribution in [0.25, 0.3) is 0 Å². The van der Waals surface area contributed by atoms with Gasteiger partial charge in [-0.1, -0.05) is 51.8 Å². The van der Waals surface area contributed by atoms with Gasteiger partial charge in [-0.3, -0.25) is 4.79 Å². The fourth-order valence-corrected chi connectivity index (χ4v) is 3.74. The topological polar surface area (TPSA) is 20.3 Å². The Labute approximate surface area is 133 Å². The summed E-state index contributed by atoms with van der Waals surface area (Å²) < 4.78 is 0. The van der Waals surface area contributed by atoms with Crippen molar-refractivity contribution in [1.29, 1.82) is 0 Å². The molecule has 0 radical (unpaired) electrons. The Hall–Kier alpha value is -1.61. The zero-order chi connectivity index (χ0) is 15.1. The van der Waals surface area contributed by atoms with E-state index in [0.29, 0.717) is 6.42 Å². The third-order valence-corrected chi connectivity index (χ3v) is 5.19. The average molecular weight is 344 g/mol. The van der Waals surface area contributed by atoms with Crippen LogP contribution in [0.5, 0.6) is 0 Å². The zero-order valence-corrected chi connectivity index (χ0v) is 14.1. The van der Waals surface area contributed by atoms with Gasteiger partial charge in [-0.2, -0.15) is 0 Å². The highest BCUT2D eigenvalue weighted by Crippen LogP contribution is 2.37. The summed E-state index contributed by atoms with van der Waals surface area (Å²) in [5, 5.41) is 0. The molecular formula is C18H18BrNO. The molecule has 0 aromatic heterocycles. The summed E-state index contributed by atoms with van der Waals surface area (Å²) in [6.07, 6.45) is 0.506. The minimum Gasteiger partial charge on any atom is -0.315 e. The molecule has 0 bridgehead atoms. The van der Waals surface area contributed by atoms with Crippen molar-refractivity contribution in [3.05, 3.63) is 64.2 Å². The number of carbonyl (C=O) groups is 1. The number of amides is 1. The average Bonchev–Trinajstić information content (AvgIpc) is 2.73. The number of rotatable bonds is 2. The second-order valence-electron chi connectivity index (χ2n) is 5.74. The number of carbonyl (C=O) groups excluding carboxylic acids is 1. The van der Waals surface area contributed by atoms with E-state index < -0.39 is 0 Å². The molecule has 1 aliphatic heterocycles. The summed E-state index contributed by atoms with van der Waals surface area (Å²) in [6.45, 7) is 4.25. The Balaban J connectivity index is 1.98. The number of alkyl halides is 1. The molecule has 0 aliphatic carbocycles. The maximum atomic E-state index is 11.8. The number of nitrogens with zero attached hydrogens (tertiary/aromatic N) is 1. The maximum Gasteiger partial charge on any atom is 0.231 e. The van der Waals surface area contributed by atoms with Gasteiger partial charge in [0.25, 0.3) is 0 Å². The first-order chi connectivity index (χ1) is 9.97. The Kier molecular flexibility index (Phi) is 3.62. The van der Waals surface area contributed by atoms with E-state index in [4.69, 9.17) is 0 Å². The van der Waals surface area contributed by atoms with Gasteiger partial charge >= 0.3 is 0 Å². The first-order valence-corrected chi connectivity index (χ1v) is 7.99. The monoisotopic (exact) mass is 343 g/mol. The number of anilines is 1. The molecular weight excluding hydrogens is 326 g/mol. The normalized spacial score (nSPS) is 15.2. The molecule has 1 unspecified atom stereocenters. The van der Waals surface area contributed by atoms with Crippen molar-refractivity contribution in [3.63, 3.8) is 0 Å². The number of hydrogen-bond acceptors (Lipinski definition) is 1.